The van der Waals surface area contributed by atoms with Crippen molar-refractivity contribution in [2.75, 3.05) is 5.32 Å². The van der Waals surface area contributed by atoms with Crippen molar-refractivity contribution < 1.29 is 4.79 Å². The van der Waals surface area contributed by atoms with E-state index in [9.17, 15) is 4.79 Å². The average Bonchev–Trinajstić information content (AvgIpc) is 1.96. The molecule has 0 saturated heterocycles. The van der Waals surface area contributed by atoms with Gasteiger partial charge in [0.1, 0.15) is 11.0 Å². The lowest BCUT2D eigenvalue weighted by molar-refractivity contribution is -0.114. The van der Waals surface area contributed by atoms with Gasteiger partial charge in [-0.15, -0.1) is 0 Å². The number of carbonyl (C=O) groups excluding carboxylic acids is 1. The highest BCUT2D eigenvalue weighted by Gasteiger charge is 1.99. The number of hydrogen-bond acceptors (Lipinski definition) is 2. The van der Waals surface area contributed by atoms with Crippen LogP contribution < -0.4 is 5.32 Å². The number of amides is 1. The molecular formula is C8H9ClN2O. The number of aryl methyl sites for hydroxylation is 1. The Morgan fingerprint density at radius 2 is 2.25 bits per heavy atom. The maximum Gasteiger partial charge on any atom is 0.222 e. The molecule has 1 aromatic heterocycles. The fourth-order valence-corrected chi connectivity index (χ4v) is 0.908. The van der Waals surface area contributed by atoms with Gasteiger partial charge in [-0.1, -0.05) is 17.7 Å². The lowest BCUT2D eigenvalue weighted by Gasteiger charge is -2.02. The van der Waals surface area contributed by atoms with Gasteiger partial charge in [-0.2, -0.15) is 0 Å². The van der Waals surface area contributed by atoms with E-state index in [1.54, 1.807) is 12.1 Å². The Morgan fingerprint density at radius 3 is 2.75 bits per heavy atom. The maximum atomic E-state index is 10.6. The summed E-state index contributed by atoms with van der Waals surface area (Å²) in [4.78, 5) is 14.6. The normalized spacial score (nSPS) is 9.58. The van der Waals surface area contributed by atoms with Crippen molar-refractivity contribution in [3.63, 3.8) is 0 Å². The molecule has 0 bridgehead atoms. The molecule has 0 aliphatic heterocycles. The van der Waals surface area contributed by atoms with Gasteiger partial charge >= 0.3 is 0 Å². The smallest absolute Gasteiger partial charge is 0.222 e. The van der Waals surface area contributed by atoms with E-state index >= 15 is 0 Å². The summed E-state index contributed by atoms with van der Waals surface area (Å²) in [5, 5.41) is 2.96. The van der Waals surface area contributed by atoms with Crippen LogP contribution in [0, 0.1) is 6.92 Å². The molecule has 0 saturated carbocycles. The van der Waals surface area contributed by atoms with Crippen LogP contribution in [0.4, 0.5) is 5.82 Å². The van der Waals surface area contributed by atoms with Crippen molar-refractivity contribution in [3.05, 3.63) is 22.8 Å². The summed E-state index contributed by atoms with van der Waals surface area (Å²) in [7, 11) is 0. The number of pyridine rings is 1. The molecule has 4 heteroatoms. The Morgan fingerprint density at radius 1 is 1.58 bits per heavy atom. The molecule has 0 aliphatic rings. The minimum absolute atomic E-state index is 0.151. The highest BCUT2D eigenvalue weighted by Crippen LogP contribution is 2.14. The van der Waals surface area contributed by atoms with Crippen molar-refractivity contribution in [1.29, 1.82) is 0 Å². The third-order valence-corrected chi connectivity index (χ3v) is 1.72. The van der Waals surface area contributed by atoms with E-state index in [-0.39, 0.29) is 5.91 Å². The molecule has 0 unspecified atom stereocenters. The molecule has 1 aromatic rings. The van der Waals surface area contributed by atoms with Gasteiger partial charge in [-0.05, 0) is 18.6 Å². The highest BCUT2D eigenvalue weighted by molar-refractivity contribution is 6.30. The Labute approximate surface area is 75.8 Å². The lowest BCUT2D eigenvalue weighted by Crippen LogP contribution is -2.07. The van der Waals surface area contributed by atoms with E-state index in [1.807, 2.05) is 6.92 Å². The van der Waals surface area contributed by atoms with Crippen molar-refractivity contribution in [2.45, 2.75) is 13.8 Å². The van der Waals surface area contributed by atoms with Crippen LogP contribution in [0.25, 0.3) is 0 Å². The van der Waals surface area contributed by atoms with Gasteiger partial charge in [0, 0.05) is 6.92 Å². The Balaban J connectivity index is 2.89. The molecular weight excluding hydrogens is 176 g/mol. The number of carbonyl (C=O) groups is 1. The number of nitrogens with one attached hydrogen (secondary N) is 1. The molecule has 0 aromatic carbocycles. The predicted molar refractivity (Wildman–Crippen MR) is 48.3 cm³/mol. The van der Waals surface area contributed by atoms with Crippen LogP contribution in [0.15, 0.2) is 12.1 Å². The molecule has 0 spiro atoms. The third kappa shape index (κ3) is 2.20. The molecule has 64 valence electrons. The third-order valence-electron chi connectivity index (χ3n) is 1.34. The fraction of sp³-hybridized carbons (Fsp3) is 0.250. The van der Waals surface area contributed by atoms with Crippen LogP contribution in [-0.4, -0.2) is 10.9 Å². The van der Waals surface area contributed by atoms with Crippen LogP contribution in [0.2, 0.25) is 5.15 Å². The Hall–Kier alpha value is -1.09. The van der Waals surface area contributed by atoms with Gasteiger partial charge < -0.3 is 5.32 Å². The quantitative estimate of drug-likeness (QED) is 0.679. The van der Waals surface area contributed by atoms with Crippen LogP contribution in [0.1, 0.15) is 12.5 Å². The van der Waals surface area contributed by atoms with Crippen LogP contribution in [-0.2, 0) is 4.79 Å². The molecule has 0 radical (unpaired) electrons. The molecule has 3 nitrogen and oxygen atoms in total. The van der Waals surface area contributed by atoms with E-state index in [0.717, 1.165) is 5.56 Å². The summed E-state index contributed by atoms with van der Waals surface area (Å²) in [5.41, 5.74) is 0.894. The average molecular weight is 185 g/mol. The zero-order valence-corrected chi connectivity index (χ0v) is 7.64. The summed E-state index contributed by atoms with van der Waals surface area (Å²) in [6.45, 7) is 3.28. The van der Waals surface area contributed by atoms with Gasteiger partial charge in [0.25, 0.3) is 0 Å². The number of anilines is 1. The van der Waals surface area contributed by atoms with Crippen LogP contribution in [0.3, 0.4) is 0 Å². The van der Waals surface area contributed by atoms with Crippen molar-refractivity contribution in [3.8, 4) is 0 Å². The zero-order valence-electron chi connectivity index (χ0n) is 6.89. The molecule has 0 atom stereocenters. The second-order valence-electron chi connectivity index (χ2n) is 2.49. The fourth-order valence-electron chi connectivity index (χ4n) is 0.754. The van der Waals surface area contributed by atoms with E-state index in [1.165, 1.54) is 6.92 Å². The molecule has 1 heterocycles. The maximum absolute atomic E-state index is 10.6. The largest absolute Gasteiger partial charge is 0.311 e. The van der Waals surface area contributed by atoms with Crippen LogP contribution in [0.5, 0.6) is 0 Å². The predicted octanol–water partition coefficient (Wildman–Crippen LogP) is 2.00. The van der Waals surface area contributed by atoms with Gasteiger partial charge in [0.05, 0.1) is 0 Å². The number of rotatable bonds is 1. The standard InChI is InChI=1S/C8H9ClN2O/c1-5-3-4-7(10-6(2)12)11-8(5)9/h3-4H,1-2H3,(H,10,11,12). The summed E-state index contributed by atoms with van der Waals surface area (Å²) < 4.78 is 0. The van der Waals surface area contributed by atoms with Crippen molar-refractivity contribution in [1.82, 2.24) is 4.98 Å². The zero-order chi connectivity index (χ0) is 9.14. The molecule has 12 heavy (non-hydrogen) atoms. The van der Waals surface area contributed by atoms with Crippen LogP contribution >= 0.6 is 11.6 Å². The number of halogens is 1. The Kier molecular flexibility index (Phi) is 2.65. The molecule has 1 rings (SSSR count). The minimum Gasteiger partial charge on any atom is -0.311 e. The first-order valence-corrected chi connectivity index (χ1v) is 3.88. The van der Waals surface area contributed by atoms with E-state index in [2.05, 4.69) is 10.3 Å². The van der Waals surface area contributed by atoms with E-state index in [0.29, 0.717) is 11.0 Å². The van der Waals surface area contributed by atoms with E-state index < -0.39 is 0 Å². The first kappa shape index (κ1) is 9.00. The second-order valence-corrected chi connectivity index (χ2v) is 2.84. The monoisotopic (exact) mass is 184 g/mol. The van der Waals surface area contributed by atoms with Gasteiger partial charge in [0.2, 0.25) is 5.91 Å². The SMILES string of the molecule is CC(=O)Nc1ccc(C)c(Cl)n1. The summed E-state index contributed by atoms with van der Waals surface area (Å²) in [5.74, 6) is 0.334. The molecule has 1 amide bonds. The number of hydrogen-bond donors (Lipinski definition) is 1. The summed E-state index contributed by atoms with van der Waals surface area (Å²) in [6.07, 6.45) is 0. The Bertz CT molecular complexity index is 312. The van der Waals surface area contributed by atoms with Gasteiger partial charge in [-0.3, -0.25) is 4.79 Å². The summed E-state index contributed by atoms with van der Waals surface area (Å²) in [6, 6.07) is 3.52. The number of nitrogens with zero attached hydrogens (tertiary/aromatic N) is 1. The molecule has 0 fully saturated rings. The lowest BCUT2D eigenvalue weighted by atomic mass is 10.3. The molecule has 1 N–H and O–H groups in total. The topological polar surface area (TPSA) is 42.0 Å². The van der Waals surface area contributed by atoms with Gasteiger partial charge in [-0.25, -0.2) is 4.98 Å². The highest BCUT2D eigenvalue weighted by atomic mass is 35.5. The minimum atomic E-state index is -0.151. The van der Waals surface area contributed by atoms with E-state index in [4.69, 9.17) is 11.6 Å². The summed E-state index contributed by atoms with van der Waals surface area (Å²) >= 11 is 5.73. The first-order chi connectivity index (χ1) is 5.59. The second kappa shape index (κ2) is 3.54. The van der Waals surface area contributed by atoms with Crippen molar-refractivity contribution in [2.24, 2.45) is 0 Å². The van der Waals surface area contributed by atoms with Gasteiger partial charge in [0.15, 0.2) is 0 Å². The number of aromatic nitrogens is 1. The first-order valence-electron chi connectivity index (χ1n) is 3.50. The van der Waals surface area contributed by atoms with Crippen molar-refractivity contribution >= 4 is 23.3 Å². The molecule has 0 aliphatic carbocycles.